The van der Waals surface area contributed by atoms with E-state index in [1.54, 1.807) is 18.3 Å². The van der Waals surface area contributed by atoms with Crippen LogP contribution < -0.4 is 0 Å². The minimum absolute atomic E-state index is 0.205. The lowest BCUT2D eigenvalue weighted by atomic mass is 10.2. The zero-order chi connectivity index (χ0) is 11.5. The summed E-state index contributed by atoms with van der Waals surface area (Å²) in [7, 11) is 0. The van der Waals surface area contributed by atoms with Crippen molar-refractivity contribution in [3.63, 3.8) is 0 Å². The molecule has 1 heterocycles. The first-order valence-corrected chi connectivity index (χ1v) is 6.66. The van der Waals surface area contributed by atoms with Gasteiger partial charge in [0.2, 0.25) is 0 Å². The van der Waals surface area contributed by atoms with E-state index in [-0.39, 0.29) is 4.47 Å². The van der Waals surface area contributed by atoms with E-state index < -0.39 is 5.82 Å². The molecule has 2 rings (SSSR count). The van der Waals surface area contributed by atoms with Gasteiger partial charge in [0, 0.05) is 11.6 Å². The summed E-state index contributed by atoms with van der Waals surface area (Å²) >= 11 is 5.76. The molecule has 0 radical (unpaired) electrons. The van der Waals surface area contributed by atoms with Gasteiger partial charge in [0.15, 0.2) is 10.2 Å². The van der Waals surface area contributed by atoms with Crippen LogP contribution in [0.2, 0.25) is 0 Å². The molecule has 2 aromatic rings. The van der Waals surface area contributed by atoms with Crippen molar-refractivity contribution in [1.82, 2.24) is 4.98 Å². The van der Waals surface area contributed by atoms with Crippen LogP contribution in [0.3, 0.4) is 0 Å². The third kappa shape index (κ3) is 2.26. The van der Waals surface area contributed by atoms with Crippen LogP contribution in [0, 0.1) is 17.1 Å². The van der Waals surface area contributed by atoms with E-state index in [0.29, 0.717) is 10.5 Å². The molecule has 1 aromatic carbocycles. The average molecular weight is 315 g/mol. The Morgan fingerprint density at radius 1 is 1.50 bits per heavy atom. The SMILES string of the molecule is N#Cc1ccc(Sc2nccs2)c(F)c1Br. The largest absolute Gasteiger partial charge is 0.238 e. The maximum Gasteiger partial charge on any atom is 0.154 e. The molecule has 0 fully saturated rings. The number of hydrogen-bond acceptors (Lipinski definition) is 4. The molecule has 0 spiro atoms. The van der Waals surface area contributed by atoms with Gasteiger partial charge in [-0.25, -0.2) is 9.37 Å². The van der Waals surface area contributed by atoms with Gasteiger partial charge in [-0.3, -0.25) is 0 Å². The lowest BCUT2D eigenvalue weighted by Gasteiger charge is -2.03. The minimum atomic E-state index is -0.417. The first-order valence-electron chi connectivity index (χ1n) is 4.18. The molecule has 0 aliphatic heterocycles. The van der Waals surface area contributed by atoms with Crippen molar-refractivity contribution in [1.29, 1.82) is 5.26 Å². The smallest absolute Gasteiger partial charge is 0.154 e. The summed E-state index contributed by atoms with van der Waals surface area (Å²) in [5, 5.41) is 10.6. The number of thiazole rings is 1. The van der Waals surface area contributed by atoms with Crippen LogP contribution in [0.5, 0.6) is 0 Å². The number of nitriles is 1. The second-order valence-corrected chi connectivity index (χ2v) is 5.73. The highest BCUT2D eigenvalue weighted by Gasteiger charge is 2.12. The highest BCUT2D eigenvalue weighted by Crippen LogP contribution is 2.34. The van der Waals surface area contributed by atoms with Crippen molar-refractivity contribution in [3.05, 3.63) is 39.6 Å². The number of benzene rings is 1. The minimum Gasteiger partial charge on any atom is -0.238 e. The van der Waals surface area contributed by atoms with Gasteiger partial charge < -0.3 is 0 Å². The molecular weight excluding hydrogens is 311 g/mol. The highest BCUT2D eigenvalue weighted by molar-refractivity contribution is 9.10. The molecule has 0 saturated heterocycles. The number of rotatable bonds is 2. The standard InChI is InChI=1S/C10H4BrFN2S2/c11-8-6(5-13)1-2-7(9(8)12)16-10-14-3-4-15-10/h1-4H. The van der Waals surface area contributed by atoms with Crippen LogP contribution in [0.15, 0.2) is 37.4 Å². The Labute approximate surface area is 108 Å². The normalized spacial score (nSPS) is 10.1. The molecule has 0 bridgehead atoms. The molecule has 0 amide bonds. The molecule has 0 aliphatic rings. The van der Waals surface area contributed by atoms with E-state index in [0.717, 1.165) is 4.34 Å². The zero-order valence-electron chi connectivity index (χ0n) is 7.78. The van der Waals surface area contributed by atoms with Gasteiger partial charge >= 0.3 is 0 Å². The monoisotopic (exact) mass is 314 g/mol. The number of halogens is 2. The molecular formula is C10H4BrFN2S2. The first kappa shape index (κ1) is 11.6. The van der Waals surface area contributed by atoms with Crippen LogP contribution >= 0.6 is 39.0 Å². The first-order chi connectivity index (χ1) is 7.72. The van der Waals surface area contributed by atoms with Gasteiger partial charge in [-0.1, -0.05) is 11.8 Å². The summed E-state index contributed by atoms with van der Waals surface area (Å²) in [5.74, 6) is -0.417. The molecule has 2 nitrogen and oxygen atoms in total. The van der Waals surface area contributed by atoms with Crippen molar-refractivity contribution >= 4 is 39.0 Å². The van der Waals surface area contributed by atoms with E-state index in [1.807, 2.05) is 11.4 Å². The predicted octanol–water partition coefficient (Wildman–Crippen LogP) is 4.07. The average Bonchev–Trinajstić information content (AvgIpc) is 2.78. The quantitative estimate of drug-likeness (QED) is 0.838. The van der Waals surface area contributed by atoms with Crippen molar-refractivity contribution in [2.75, 3.05) is 0 Å². The number of hydrogen-bond donors (Lipinski definition) is 0. The van der Waals surface area contributed by atoms with Crippen molar-refractivity contribution in [2.24, 2.45) is 0 Å². The van der Waals surface area contributed by atoms with E-state index in [9.17, 15) is 4.39 Å². The Balaban J connectivity index is 2.37. The van der Waals surface area contributed by atoms with Crippen LogP contribution in [0.25, 0.3) is 0 Å². The van der Waals surface area contributed by atoms with Gasteiger partial charge in [-0.2, -0.15) is 5.26 Å². The summed E-state index contributed by atoms with van der Waals surface area (Å²) in [6.07, 6.45) is 1.67. The lowest BCUT2D eigenvalue weighted by Crippen LogP contribution is -1.87. The lowest BCUT2D eigenvalue weighted by molar-refractivity contribution is 0.594. The molecule has 0 aliphatic carbocycles. The second kappa shape index (κ2) is 4.95. The maximum atomic E-state index is 13.8. The Hall–Kier alpha value is -0.900. The maximum absolute atomic E-state index is 13.8. The topological polar surface area (TPSA) is 36.7 Å². The van der Waals surface area contributed by atoms with E-state index in [2.05, 4.69) is 20.9 Å². The summed E-state index contributed by atoms with van der Waals surface area (Å²) < 4.78 is 14.8. The Morgan fingerprint density at radius 2 is 2.31 bits per heavy atom. The molecule has 6 heteroatoms. The summed E-state index contributed by atoms with van der Waals surface area (Å²) in [6.45, 7) is 0. The van der Waals surface area contributed by atoms with Gasteiger partial charge in [0.1, 0.15) is 6.07 Å². The van der Waals surface area contributed by atoms with Crippen molar-refractivity contribution in [2.45, 2.75) is 9.24 Å². The zero-order valence-corrected chi connectivity index (χ0v) is 11.0. The third-order valence-corrected chi connectivity index (χ3v) is 4.47. The molecule has 0 N–H and O–H groups in total. The van der Waals surface area contributed by atoms with Gasteiger partial charge in [0.05, 0.1) is 14.9 Å². The highest BCUT2D eigenvalue weighted by atomic mass is 79.9. The fraction of sp³-hybridized carbons (Fsp3) is 0. The second-order valence-electron chi connectivity index (χ2n) is 2.75. The van der Waals surface area contributed by atoms with Gasteiger partial charge in [-0.15, -0.1) is 11.3 Å². The van der Waals surface area contributed by atoms with Crippen LogP contribution in [-0.4, -0.2) is 4.98 Å². The van der Waals surface area contributed by atoms with E-state index in [1.165, 1.54) is 23.1 Å². The van der Waals surface area contributed by atoms with Crippen molar-refractivity contribution < 1.29 is 4.39 Å². The van der Waals surface area contributed by atoms with Crippen LogP contribution in [-0.2, 0) is 0 Å². The fourth-order valence-electron chi connectivity index (χ4n) is 1.05. The van der Waals surface area contributed by atoms with E-state index in [4.69, 9.17) is 5.26 Å². The molecule has 0 saturated carbocycles. The molecule has 80 valence electrons. The number of nitrogens with zero attached hydrogens (tertiary/aromatic N) is 2. The Kier molecular flexibility index (Phi) is 3.59. The Bertz CT molecular complexity index is 549. The van der Waals surface area contributed by atoms with Gasteiger partial charge in [0.25, 0.3) is 0 Å². The van der Waals surface area contributed by atoms with Crippen molar-refractivity contribution in [3.8, 4) is 6.07 Å². The summed E-state index contributed by atoms with van der Waals surface area (Å²) in [5.41, 5.74) is 0.293. The molecule has 16 heavy (non-hydrogen) atoms. The summed E-state index contributed by atoms with van der Waals surface area (Å²) in [6, 6.07) is 5.09. The molecule has 0 unspecified atom stereocenters. The summed E-state index contributed by atoms with van der Waals surface area (Å²) in [4.78, 5) is 4.52. The molecule has 0 atom stereocenters. The fourth-order valence-corrected chi connectivity index (χ4v) is 3.24. The van der Waals surface area contributed by atoms with Crippen LogP contribution in [0.4, 0.5) is 4.39 Å². The van der Waals surface area contributed by atoms with E-state index >= 15 is 0 Å². The third-order valence-electron chi connectivity index (χ3n) is 1.77. The number of aromatic nitrogens is 1. The predicted molar refractivity (Wildman–Crippen MR) is 65.1 cm³/mol. The van der Waals surface area contributed by atoms with Crippen LogP contribution in [0.1, 0.15) is 5.56 Å². The molecule has 1 aromatic heterocycles. The Morgan fingerprint density at radius 3 is 2.94 bits per heavy atom. The van der Waals surface area contributed by atoms with Gasteiger partial charge in [-0.05, 0) is 28.1 Å².